The van der Waals surface area contributed by atoms with Gasteiger partial charge in [-0.1, -0.05) is 0 Å². The van der Waals surface area contributed by atoms with Gasteiger partial charge in [0.05, 0.1) is 13.2 Å². The fourth-order valence-corrected chi connectivity index (χ4v) is 4.16. The molecule has 8 N–H and O–H groups in total. The van der Waals surface area contributed by atoms with E-state index in [0.717, 1.165) is 0 Å². The van der Waals surface area contributed by atoms with Crippen LogP contribution in [0.1, 0.15) is 0 Å². The number of nitrogens with two attached hydrogens (primary N) is 1. The second-order valence-electron chi connectivity index (χ2n) is 6.09. The summed E-state index contributed by atoms with van der Waals surface area (Å²) in [4.78, 5) is 3.99. The summed E-state index contributed by atoms with van der Waals surface area (Å²) in [5.41, 5.74) is 2.26. The van der Waals surface area contributed by atoms with Crippen molar-refractivity contribution in [3.8, 4) is 0 Å². The smallest absolute Gasteiger partial charge is 0.311 e. The molecule has 8 atom stereocenters. The Hall–Kier alpha value is -1.01. The molecule has 1 saturated carbocycles. The van der Waals surface area contributed by atoms with Crippen molar-refractivity contribution in [3.63, 3.8) is 0 Å². The van der Waals surface area contributed by atoms with Gasteiger partial charge in [-0.15, -0.1) is 0 Å². The molecule has 5 rings (SSSR count). The van der Waals surface area contributed by atoms with Gasteiger partial charge in [0.1, 0.15) is 29.5 Å². The summed E-state index contributed by atoms with van der Waals surface area (Å²) in [6.45, 7) is -0.680. The van der Waals surface area contributed by atoms with Gasteiger partial charge in [-0.05, 0) is 0 Å². The summed E-state index contributed by atoms with van der Waals surface area (Å²) in [6.07, 6.45) is -5.49. The van der Waals surface area contributed by atoms with Crippen LogP contribution in [0.25, 0.3) is 0 Å². The van der Waals surface area contributed by atoms with Gasteiger partial charge in [0.25, 0.3) is 0 Å². The van der Waals surface area contributed by atoms with E-state index in [9.17, 15) is 25.5 Å². The fourth-order valence-electron chi connectivity index (χ4n) is 4.16. The molecule has 4 fully saturated rings. The molecule has 4 heterocycles. The summed E-state index contributed by atoms with van der Waals surface area (Å²) in [7, 11) is 0. The van der Waals surface area contributed by atoms with Crippen molar-refractivity contribution in [2.45, 2.75) is 41.5 Å². The molecule has 10 heteroatoms. The molecular formula is C11H17N3O7. The monoisotopic (exact) mass is 303 g/mol. The van der Waals surface area contributed by atoms with Gasteiger partial charge >= 0.3 is 5.97 Å². The second kappa shape index (κ2) is 3.66. The average molecular weight is 303 g/mol. The molecule has 1 spiro atoms. The third-order valence-corrected chi connectivity index (χ3v) is 5.19. The lowest BCUT2D eigenvalue weighted by Crippen LogP contribution is -2.94. The van der Waals surface area contributed by atoms with Gasteiger partial charge in [0.15, 0.2) is 12.1 Å². The molecule has 21 heavy (non-hydrogen) atoms. The Morgan fingerprint density at radius 2 is 1.95 bits per heavy atom. The SMILES string of the molecule is NC1=NC[C@H]2[C@H]3O[C@]4(O)O[C@H]([C@H](O)C2(N1)[C@@H]4O)[C@]3(O)CO. The highest BCUT2D eigenvalue weighted by molar-refractivity contribution is 5.80. The van der Waals surface area contributed by atoms with Crippen molar-refractivity contribution < 1.29 is 35.0 Å². The van der Waals surface area contributed by atoms with E-state index >= 15 is 0 Å². The molecule has 4 aliphatic heterocycles. The molecule has 5 aliphatic rings. The van der Waals surface area contributed by atoms with Crippen LogP contribution in [-0.2, 0) is 9.47 Å². The van der Waals surface area contributed by atoms with Crippen LogP contribution in [0.3, 0.4) is 0 Å². The van der Waals surface area contributed by atoms with Crippen LogP contribution in [0.15, 0.2) is 4.99 Å². The zero-order valence-corrected chi connectivity index (χ0v) is 10.9. The Kier molecular flexibility index (Phi) is 2.38. The molecule has 0 radical (unpaired) electrons. The van der Waals surface area contributed by atoms with Crippen LogP contribution in [0.4, 0.5) is 0 Å². The number of nitrogens with one attached hydrogen (secondary N) is 1. The number of aliphatic imine (C=N–C) groups is 1. The maximum atomic E-state index is 10.6. The molecule has 4 bridgehead atoms. The maximum Gasteiger partial charge on any atom is 0.311 e. The summed E-state index contributed by atoms with van der Waals surface area (Å²) >= 11 is 0. The minimum absolute atomic E-state index is 0.00226. The first-order valence-corrected chi connectivity index (χ1v) is 6.65. The molecule has 10 nitrogen and oxygen atoms in total. The lowest BCUT2D eigenvalue weighted by Gasteiger charge is -2.70. The maximum absolute atomic E-state index is 10.6. The van der Waals surface area contributed by atoms with E-state index in [0.29, 0.717) is 0 Å². The summed E-state index contributed by atoms with van der Waals surface area (Å²) in [5.74, 6) is -3.09. The number of hydrogen-bond acceptors (Lipinski definition) is 10. The van der Waals surface area contributed by atoms with Crippen molar-refractivity contribution in [3.05, 3.63) is 0 Å². The molecule has 1 aliphatic carbocycles. The molecule has 118 valence electrons. The summed E-state index contributed by atoms with van der Waals surface area (Å²) in [5, 5.41) is 54.2. The predicted octanol–water partition coefficient (Wildman–Crippen LogP) is -4.84. The predicted molar refractivity (Wildman–Crippen MR) is 64.6 cm³/mol. The first-order valence-electron chi connectivity index (χ1n) is 6.65. The quantitative estimate of drug-likeness (QED) is 0.251. The Morgan fingerprint density at radius 3 is 2.62 bits per heavy atom. The number of nitrogens with zero attached hydrogens (tertiary/aromatic N) is 1. The largest absolute Gasteiger partial charge is 0.393 e. The normalized spacial score (nSPS) is 61.2. The van der Waals surface area contributed by atoms with Gasteiger partial charge in [0.2, 0.25) is 0 Å². The van der Waals surface area contributed by atoms with Crippen LogP contribution in [0.2, 0.25) is 0 Å². The zero-order valence-electron chi connectivity index (χ0n) is 10.9. The number of rotatable bonds is 1. The minimum Gasteiger partial charge on any atom is -0.393 e. The lowest BCUT2D eigenvalue weighted by molar-refractivity contribution is -0.544. The molecule has 3 saturated heterocycles. The van der Waals surface area contributed by atoms with E-state index in [-0.39, 0.29) is 12.5 Å². The molecular weight excluding hydrogens is 286 g/mol. The van der Waals surface area contributed by atoms with Gasteiger partial charge in [-0.25, -0.2) is 0 Å². The van der Waals surface area contributed by atoms with Crippen molar-refractivity contribution in [1.82, 2.24) is 5.32 Å². The van der Waals surface area contributed by atoms with Crippen molar-refractivity contribution in [2.75, 3.05) is 13.2 Å². The molecule has 0 aromatic carbocycles. The average Bonchev–Trinajstić information content (AvgIpc) is 2.45. The highest BCUT2D eigenvalue weighted by atomic mass is 16.9. The van der Waals surface area contributed by atoms with Crippen LogP contribution >= 0.6 is 0 Å². The Morgan fingerprint density at radius 1 is 1.29 bits per heavy atom. The van der Waals surface area contributed by atoms with E-state index in [2.05, 4.69) is 10.3 Å². The van der Waals surface area contributed by atoms with E-state index in [1.54, 1.807) is 0 Å². The van der Waals surface area contributed by atoms with E-state index < -0.39 is 54.1 Å². The van der Waals surface area contributed by atoms with Crippen molar-refractivity contribution in [1.29, 1.82) is 0 Å². The molecule has 1 unspecified atom stereocenters. The van der Waals surface area contributed by atoms with Crippen LogP contribution in [-0.4, -0.2) is 86.2 Å². The molecule has 0 aromatic heterocycles. The van der Waals surface area contributed by atoms with Gasteiger partial charge < -0.3 is 46.1 Å². The van der Waals surface area contributed by atoms with Crippen LogP contribution in [0.5, 0.6) is 0 Å². The number of aliphatic hydroxyl groups excluding tert-OH is 3. The highest BCUT2D eigenvalue weighted by Crippen LogP contribution is 2.57. The Balaban J connectivity index is 1.92. The standard InChI is InChI=1S/C11H17N3O7/c12-8-13-1-3-5-9(18,2-15)6-4(16)10(3,14-8)7(17)11(19,20-5)21-6/h3-7,15-19H,1-2H2,(H3,12,13,14)/t3-,4-,5+,6+,7-,9-,10?,11-/m0/s1. The van der Waals surface area contributed by atoms with E-state index in [1.165, 1.54) is 0 Å². The minimum atomic E-state index is -2.39. The Labute approximate surface area is 118 Å². The second-order valence-corrected chi connectivity index (χ2v) is 6.09. The first-order chi connectivity index (χ1) is 9.79. The third kappa shape index (κ3) is 1.26. The Bertz CT molecular complexity index is 532. The van der Waals surface area contributed by atoms with E-state index in [4.69, 9.17) is 15.2 Å². The first kappa shape index (κ1) is 13.6. The summed E-state index contributed by atoms with van der Waals surface area (Å²) in [6, 6.07) is 0. The third-order valence-electron chi connectivity index (χ3n) is 5.19. The van der Waals surface area contributed by atoms with Crippen molar-refractivity contribution >= 4 is 5.96 Å². The number of hydrogen-bond donors (Lipinski definition) is 7. The van der Waals surface area contributed by atoms with Gasteiger partial charge in [-0.2, -0.15) is 0 Å². The van der Waals surface area contributed by atoms with Gasteiger partial charge in [0, 0.05) is 5.92 Å². The van der Waals surface area contributed by atoms with Crippen LogP contribution < -0.4 is 11.1 Å². The molecule has 0 amide bonds. The summed E-state index contributed by atoms with van der Waals surface area (Å²) < 4.78 is 10.4. The zero-order chi connectivity index (χ0) is 15.2. The topological polar surface area (TPSA) is 170 Å². The number of ether oxygens (including phenoxy) is 2. The van der Waals surface area contributed by atoms with E-state index in [1.807, 2.05) is 0 Å². The number of aliphatic hydroxyl groups is 5. The fraction of sp³-hybridized carbons (Fsp3) is 0.909. The number of guanidine groups is 1. The van der Waals surface area contributed by atoms with Crippen LogP contribution in [0, 0.1) is 5.92 Å². The lowest BCUT2D eigenvalue weighted by atomic mass is 9.55. The molecule has 0 aromatic rings. The highest BCUT2D eigenvalue weighted by Gasteiger charge is 2.81. The van der Waals surface area contributed by atoms with Gasteiger partial charge in [-0.3, -0.25) is 4.99 Å². The van der Waals surface area contributed by atoms with Crippen molar-refractivity contribution in [2.24, 2.45) is 16.6 Å².